The molecule has 1 amide bonds. The summed E-state index contributed by atoms with van der Waals surface area (Å²) in [6, 6.07) is 8.04. The standard InChI is InChI=1S/C15H15ClN6O/c1-10-5-3-4-6-11(10)7-22-9-17-15(20-22)18-14(23)13-12(16)8-21(2)19-13/h3-6,8-9H,7H2,1-2H3,(H,18,20,23). The Hall–Kier alpha value is -2.67. The summed E-state index contributed by atoms with van der Waals surface area (Å²) in [5.41, 5.74) is 2.46. The quantitative estimate of drug-likeness (QED) is 0.796. The number of nitrogens with one attached hydrogen (secondary N) is 1. The van der Waals surface area contributed by atoms with Gasteiger partial charge in [0.2, 0.25) is 5.95 Å². The van der Waals surface area contributed by atoms with Crippen molar-refractivity contribution in [3.8, 4) is 0 Å². The van der Waals surface area contributed by atoms with Crippen LogP contribution in [0.15, 0.2) is 36.8 Å². The molecular formula is C15H15ClN6O. The third kappa shape index (κ3) is 3.40. The minimum absolute atomic E-state index is 0.143. The van der Waals surface area contributed by atoms with E-state index in [2.05, 4.69) is 20.5 Å². The fraction of sp³-hybridized carbons (Fsp3) is 0.200. The van der Waals surface area contributed by atoms with Crippen molar-refractivity contribution in [2.45, 2.75) is 13.5 Å². The molecule has 1 N–H and O–H groups in total. The van der Waals surface area contributed by atoms with E-state index in [1.165, 1.54) is 10.2 Å². The van der Waals surface area contributed by atoms with Gasteiger partial charge < -0.3 is 0 Å². The molecule has 7 nitrogen and oxygen atoms in total. The zero-order valence-electron chi connectivity index (χ0n) is 12.7. The van der Waals surface area contributed by atoms with Gasteiger partial charge in [0.1, 0.15) is 6.33 Å². The van der Waals surface area contributed by atoms with Crippen molar-refractivity contribution in [1.29, 1.82) is 0 Å². The van der Waals surface area contributed by atoms with Gasteiger partial charge in [0.05, 0.1) is 11.6 Å². The summed E-state index contributed by atoms with van der Waals surface area (Å²) < 4.78 is 3.14. The monoisotopic (exact) mass is 330 g/mol. The van der Waals surface area contributed by atoms with E-state index in [1.807, 2.05) is 31.2 Å². The van der Waals surface area contributed by atoms with Crippen LogP contribution in [0.3, 0.4) is 0 Å². The molecule has 118 valence electrons. The van der Waals surface area contributed by atoms with Crippen LogP contribution in [0, 0.1) is 6.92 Å². The Morgan fingerprint density at radius 2 is 2.09 bits per heavy atom. The predicted octanol–water partition coefficient (Wildman–Crippen LogP) is 2.27. The predicted molar refractivity (Wildman–Crippen MR) is 86.5 cm³/mol. The summed E-state index contributed by atoms with van der Waals surface area (Å²) in [7, 11) is 1.69. The van der Waals surface area contributed by atoms with Crippen LogP contribution >= 0.6 is 11.6 Å². The number of rotatable bonds is 4. The SMILES string of the molecule is Cc1ccccc1Cn1cnc(NC(=O)c2nn(C)cc2Cl)n1. The van der Waals surface area contributed by atoms with Crippen LogP contribution in [0.2, 0.25) is 5.02 Å². The van der Waals surface area contributed by atoms with E-state index in [0.717, 1.165) is 5.56 Å². The zero-order chi connectivity index (χ0) is 16.4. The number of hydrogen-bond donors (Lipinski definition) is 1. The Morgan fingerprint density at radius 1 is 1.30 bits per heavy atom. The number of halogens is 1. The van der Waals surface area contributed by atoms with Gasteiger partial charge in [-0.1, -0.05) is 35.9 Å². The molecule has 0 radical (unpaired) electrons. The van der Waals surface area contributed by atoms with Crippen LogP contribution in [0.4, 0.5) is 5.95 Å². The second kappa shape index (κ2) is 6.21. The fourth-order valence-electron chi connectivity index (χ4n) is 2.16. The van der Waals surface area contributed by atoms with Crippen LogP contribution in [0.1, 0.15) is 21.6 Å². The molecule has 0 fully saturated rings. The number of nitrogens with zero attached hydrogens (tertiary/aromatic N) is 5. The summed E-state index contributed by atoms with van der Waals surface area (Å²) in [6.45, 7) is 2.62. The van der Waals surface area contributed by atoms with E-state index in [1.54, 1.807) is 24.3 Å². The van der Waals surface area contributed by atoms with Gasteiger partial charge in [0.15, 0.2) is 5.69 Å². The molecule has 2 aromatic heterocycles. The Balaban J connectivity index is 1.71. The topological polar surface area (TPSA) is 77.6 Å². The maximum Gasteiger partial charge on any atom is 0.280 e. The van der Waals surface area contributed by atoms with Crippen molar-refractivity contribution in [2.75, 3.05) is 5.32 Å². The maximum absolute atomic E-state index is 12.1. The van der Waals surface area contributed by atoms with Gasteiger partial charge in [0.25, 0.3) is 5.91 Å². The van der Waals surface area contributed by atoms with Gasteiger partial charge >= 0.3 is 0 Å². The number of hydrogen-bond acceptors (Lipinski definition) is 4. The molecule has 2 heterocycles. The number of aromatic nitrogens is 5. The van der Waals surface area contributed by atoms with Gasteiger partial charge in [0, 0.05) is 13.2 Å². The lowest BCUT2D eigenvalue weighted by Crippen LogP contribution is -2.15. The van der Waals surface area contributed by atoms with E-state index in [-0.39, 0.29) is 16.7 Å². The van der Waals surface area contributed by atoms with Crippen molar-refractivity contribution >= 4 is 23.5 Å². The number of anilines is 1. The first-order chi connectivity index (χ1) is 11.0. The lowest BCUT2D eigenvalue weighted by atomic mass is 10.1. The molecule has 0 saturated heterocycles. The van der Waals surface area contributed by atoms with E-state index in [4.69, 9.17) is 11.6 Å². The highest BCUT2D eigenvalue weighted by Gasteiger charge is 2.16. The molecule has 0 aliphatic rings. The van der Waals surface area contributed by atoms with Crippen LogP contribution in [-0.4, -0.2) is 30.5 Å². The molecule has 1 aromatic carbocycles. The average molecular weight is 331 g/mol. The number of benzene rings is 1. The number of aryl methyl sites for hydroxylation is 2. The van der Waals surface area contributed by atoms with E-state index in [0.29, 0.717) is 6.54 Å². The fourth-order valence-corrected chi connectivity index (χ4v) is 2.43. The number of carbonyl (C=O) groups excluding carboxylic acids is 1. The van der Waals surface area contributed by atoms with E-state index in [9.17, 15) is 4.79 Å². The maximum atomic E-state index is 12.1. The largest absolute Gasteiger partial charge is 0.288 e. The van der Waals surface area contributed by atoms with E-state index < -0.39 is 5.91 Å². The van der Waals surface area contributed by atoms with Gasteiger partial charge in [-0.2, -0.15) is 5.10 Å². The summed E-state index contributed by atoms with van der Waals surface area (Å²) >= 11 is 5.95. The Kier molecular flexibility index (Phi) is 4.12. The second-order valence-electron chi connectivity index (χ2n) is 5.15. The first-order valence-electron chi connectivity index (χ1n) is 6.97. The molecular weight excluding hydrogens is 316 g/mol. The van der Waals surface area contributed by atoms with Crippen LogP contribution in [0.25, 0.3) is 0 Å². The third-order valence-electron chi connectivity index (χ3n) is 3.35. The van der Waals surface area contributed by atoms with Crippen molar-refractivity contribution in [1.82, 2.24) is 24.5 Å². The smallest absolute Gasteiger partial charge is 0.280 e. The lowest BCUT2D eigenvalue weighted by Gasteiger charge is -2.04. The van der Waals surface area contributed by atoms with Crippen molar-refractivity contribution < 1.29 is 4.79 Å². The summed E-state index contributed by atoms with van der Waals surface area (Å²) in [5.74, 6) is -0.227. The van der Waals surface area contributed by atoms with Gasteiger partial charge in [-0.15, -0.1) is 5.10 Å². The summed E-state index contributed by atoms with van der Waals surface area (Å²) in [5, 5.41) is 11.1. The number of carbonyl (C=O) groups is 1. The van der Waals surface area contributed by atoms with Crippen molar-refractivity contribution in [3.63, 3.8) is 0 Å². The molecule has 0 unspecified atom stereocenters. The second-order valence-corrected chi connectivity index (χ2v) is 5.55. The Morgan fingerprint density at radius 3 is 2.78 bits per heavy atom. The van der Waals surface area contributed by atoms with E-state index >= 15 is 0 Å². The molecule has 0 bridgehead atoms. The number of amides is 1. The molecule has 0 aliphatic carbocycles. The van der Waals surface area contributed by atoms with Crippen LogP contribution in [0.5, 0.6) is 0 Å². The lowest BCUT2D eigenvalue weighted by molar-refractivity contribution is 0.102. The highest BCUT2D eigenvalue weighted by atomic mass is 35.5. The molecule has 3 aromatic rings. The normalized spacial score (nSPS) is 10.7. The molecule has 3 rings (SSSR count). The van der Waals surface area contributed by atoms with Gasteiger partial charge in [-0.25, -0.2) is 9.67 Å². The third-order valence-corrected chi connectivity index (χ3v) is 3.63. The highest BCUT2D eigenvalue weighted by Crippen LogP contribution is 2.14. The zero-order valence-corrected chi connectivity index (χ0v) is 13.4. The molecule has 8 heteroatoms. The molecule has 0 aliphatic heterocycles. The van der Waals surface area contributed by atoms with Crippen molar-refractivity contribution in [2.24, 2.45) is 7.05 Å². The van der Waals surface area contributed by atoms with Crippen LogP contribution < -0.4 is 5.32 Å². The molecule has 0 spiro atoms. The summed E-state index contributed by atoms with van der Waals surface area (Å²) in [6.07, 6.45) is 3.13. The van der Waals surface area contributed by atoms with Gasteiger partial charge in [-0.3, -0.25) is 14.8 Å². The minimum atomic E-state index is -0.441. The molecule has 0 saturated carbocycles. The first kappa shape index (κ1) is 15.2. The average Bonchev–Trinajstić information content (AvgIpc) is 3.07. The van der Waals surface area contributed by atoms with Crippen molar-refractivity contribution in [3.05, 3.63) is 58.6 Å². The van der Waals surface area contributed by atoms with Crippen LogP contribution in [-0.2, 0) is 13.6 Å². The first-order valence-corrected chi connectivity index (χ1v) is 7.35. The molecule has 23 heavy (non-hydrogen) atoms. The van der Waals surface area contributed by atoms with Gasteiger partial charge in [-0.05, 0) is 18.1 Å². The highest BCUT2D eigenvalue weighted by molar-refractivity contribution is 6.34. The molecule has 0 atom stereocenters. The summed E-state index contributed by atoms with van der Waals surface area (Å²) in [4.78, 5) is 16.2. The minimum Gasteiger partial charge on any atom is -0.288 e. The Bertz CT molecular complexity index is 853. The Labute approximate surface area is 137 Å².